The SMILES string of the molecule is CCn1nc(C)c2nnn(Cc3cccc([N+](=O)[O-])c3)c(=O)c21. The molecule has 2 aromatic heterocycles. The summed E-state index contributed by atoms with van der Waals surface area (Å²) in [6.07, 6.45) is 0. The average molecular weight is 314 g/mol. The largest absolute Gasteiger partial charge is 0.296 e. The van der Waals surface area contributed by atoms with Crippen LogP contribution in [0.1, 0.15) is 18.2 Å². The van der Waals surface area contributed by atoms with Crippen molar-refractivity contribution < 1.29 is 4.92 Å². The number of aromatic nitrogens is 5. The highest BCUT2D eigenvalue weighted by Crippen LogP contribution is 2.14. The average Bonchev–Trinajstić information content (AvgIpc) is 2.87. The highest BCUT2D eigenvalue weighted by molar-refractivity contribution is 5.75. The van der Waals surface area contributed by atoms with Crippen molar-refractivity contribution >= 4 is 16.7 Å². The van der Waals surface area contributed by atoms with E-state index >= 15 is 0 Å². The van der Waals surface area contributed by atoms with Crippen molar-refractivity contribution in [2.24, 2.45) is 0 Å². The molecule has 0 aliphatic carbocycles. The van der Waals surface area contributed by atoms with Crippen LogP contribution in [0.4, 0.5) is 5.69 Å². The summed E-state index contributed by atoms with van der Waals surface area (Å²) in [7, 11) is 0. The molecule has 0 radical (unpaired) electrons. The Morgan fingerprint density at radius 1 is 1.30 bits per heavy atom. The number of rotatable bonds is 4. The fraction of sp³-hybridized carbons (Fsp3) is 0.286. The molecule has 118 valence electrons. The lowest BCUT2D eigenvalue weighted by molar-refractivity contribution is -0.384. The lowest BCUT2D eigenvalue weighted by atomic mass is 10.2. The Morgan fingerprint density at radius 3 is 2.78 bits per heavy atom. The van der Waals surface area contributed by atoms with E-state index in [0.29, 0.717) is 28.8 Å². The van der Waals surface area contributed by atoms with Gasteiger partial charge in [0.15, 0.2) is 5.52 Å². The maximum atomic E-state index is 12.6. The standard InChI is InChI=1S/C14H14N6O3/c1-3-18-13-12(9(2)16-18)15-17-19(14(13)21)8-10-5-4-6-11(7-10)20(22)23/h4-7H,3,8H2,1-2H3. The second-order valence-electron chi connectivity index (χ2n) is 5.08. The second-order valence-corrected chi connectivity index (χ2v) is 5.08. The lowest BCUT2D eigenvalue weighted by Gasteiger charge is -2.04. The molecule has 3 rings (SSSR count). The van der Waals surface area contributed by atoms with Crippen LogP contribution in [0.3, 0.4) is 0 Å². The maximum absolute atomic E-state index is 12.6. The van der Waals surface area contributed by atoms with Crippen LogP contribution in [0, 0.1) is 17.0 Å². The maximum Gasteiger partial charge on any atom is 0.296 e. The lowest BCUT2D eigenvalue weighted by Crippen LogP contribution is -2.26. The van der Waals surface area contributed by atoms with Gasteiger partial charge in [-0.3, -0.25) is 19.6 Å². The van der Waals surface area contributed by atoms with Gasteiger partial charge in [0.2, 0.25) is 0 Å². The molecule has 0 unspecified atom stereocenters. The molecule has 0 fully saturated rings. The number of nitro groups is 1. The van der Waals surface area contributed by atoms with E-state index in [1.165, 1.54) is 16.8 Å². The number of non-ortho nitro benzene ring substituents is 1. The first kappa shape index (κ1) is 14.8. The van der Waals surface area contributed by atoms with Gasteiger partial charge in [-0.2, -0.15) is 5.10 Å². The van der Waals surface area contributed by atoms with Crippen LogP contribution < -0.4 is 5.56 Å². The fourth-order valence-corrected chi connectivity index (χ4v) is 2.44. The van der Waals surface area contributed by atoms with E-state index in [2.05, 4.69) is 15.4 Å². The Kier molecular flexibility index (Phi) is 3.61. The van der Waals surface area contributed by atoms with E-state index in [-0.39, 0.29) is 17.8 Å². The van der Waals surface area contributed by atoms with Gasteiger partial charge in [0, 0.05) is 18.7 Å². The number of nitrogens with zero attached hydrogens (tertiary/aromatic N) is 6. The van der Waals surface area contributed by atoms with E-state index in [1.54, 1.807) is 23.7 Å². The van der Waals surface area contributed by atoms with Gasteiger partial charge in [0.05, 0.1) is 17.2 Å². The van der Waals surface area contributed by atoms with Crippen molar-refractivity contribution in [3.05, 3.63) is 56.0 Å². The summed E-state index contributed by atoms with van der Waals surface area (Å²) in [4.78, 5) is 23.0. The fourth-order valence-electron chi connectivity index (χ4n) is 2.44. The molecule has 1 aromatic carbocycles. The molecule has 0 bridgehead atoms. The van der Waals surface area contributed by atoms with E-state index in [4.69, 9.17) is 0 Å². The van der Waals surface area contributed by atoms with Crippen LogP contribution in [0.2, 0.25) is 0 Å². The molecule has 0 N–H and O–H groups in total. The van der Waals surface area contributed by atoms with Crippen molar-refractivity contribution in [1.29, 1.82) is 0 Å². The van der Waals surface area contributed by atoms with Crippen LogP contribution >= 0.6 is 0 Å². The number of aryl methyl sites for hydroxylation is 2. The molecule has 9 nitrogen and oxygen atoms in total. The highest BCUT2D eigenvalue weighted by Gasteiger charge is 2.15. The van der Waals surface area contributed by atoms with Gasteiger partial charge >= 0.3 is 0 Å². The molecule has 0 saturated heterocycles. The Hall–Kier alpha value is -3.10. The summed E-state index contributed by atoms with van der Waals surface area (Å²) in [6.45, 7) is 4.31. The van der Waals surface area contributed by atoms with Gasteiger partial charge in [0.1, 0.15) is 5.52 Å². The monoisotopic (exact) mass is 314 g/mol. The van der Waals surface area contributed by atoms with Crippen LogP contribution in [-0.2, 0) is 13.1 Å². The number of nitro benzene ring substituents is 1. The summed E-state index contributed by atoms with van der Waals surface area (Å²) >= 11 is 0. The number of hydrogen-bond donors (Lipinski definition) is 0. The van der Waals surface area contributed by atoms with Gasteiger partial charge < -0.3 is 0 Å². The summed E-state index contributed by atoms with van der Waals surface area (Å²) in [5.41, 5.74) is 1.78. The molecule has 0 atom stereocenters. The van der Waals surface area contributed by atoms with Gasteiger partial charge in [-0.25, -0.2) is 4.68 Å². The quantitative estimate of drug-likeness (QED) is 0.530. The predicted octanol–water partition coefficient (Wildman–Crippen LogP) is 1.27. The zero-order valence-corrected chi connectivity index (χ0v) is 12.6. The first-order valence-corrected chi connectivity index (χ1v) is 7.05. The highest BCUT2D eigenvalue weighted by atomic mass is 16.6. The Balaban J connectivity index is 2.07. The molecule has 9 heteroatoms. The van der Waals surface area contributed by atoms with Crippen LogP contribution in [0.5, 0.6) is 0 Å². The minimum absolute atomic E-state index is 0.0287. The second kappa shape index (κ2) is 5.59. The van der Waals surface area contributed by atoms with Gasteiger partial charge in [-0.1, -0.05) is 17.3 Å². The molecule has 0 saturated carbocycles. The topological polar surface area (TPSA) is 109 Å². The summed E-state index contributed by atoms with van der Waals surface area (Å²) < 4.78 is 2.78. The predicted molar refractivity (Wildman–Crippen MR) is 82.2 cm³/mol. The van der Waals surface area contributed by atoms with Crippen molar-refractivity contribution in [3.8, 4) is 0 Å². The molecule has 2 heterocycles. The minimum atomic E-state index is -0.476. The number of hydrogen-bond acceptors (Lipinski definition) is 6. The van der Waals surface area contributed by atoms with Crippen molar-refractivity contribution in [2.75, 3.05) is 0 Å². The van der Waals surface area contributed by atoms with E-state index < -0.39 is 4.92 Å². The minimum Gasteiger partial charge on any atom is -0.265 e. The molecule has 3 aromatic rings. The van der Waals surface area contributed by atoms with Crippen LogP contribution in [-0.4, -0.2) is 29.7 Å². The molecule has 0 amide bonds. The first-order chi connectivity index (χ1) is 11.0. The molecular weight excluding hydrogens is 300 g/mol. The molecule has 23 heavy (non-hydrogen) atoms. The van der Waals surface area contributed by atoms with Crippen molar-refractivity contribution in [1.82, 2.24) is 24.8 Å². The first-order valence-electron chi connectivity index (χ1n) is 7.05. The van der Waals surface area contributed by atoms with Crippen molar-refractivity contribution in [2.45, 2.75) is 26.9 Å². The van der Waals surface area contributed by atoms with E-state index in [0.717, 1.165) is 0 Å². The summed E-state index contributed by atoms with van der Waals surface area (Å²) in [5.74, 6) is 0. The summed E-state index contributed by atoms with van der Waals surface area (Å²) in [5, 5.41) is 23.1. The zero-order chi connectivity index (χ0) is 16.6. The van der Waals surface area contributed by atoms with Gasteiger partial charge in [0.25, 0.3) is 11.2 Å². The Bertz CT molecular complexity index is 959. The number of benzene rings is 1. The Labute approximate surface area is 130 Å². The molecule has 0 aliphatic heterocycles. The third-order valence-corrected chi connectivity index (χ3v) is 3.54. The smallest absolute Gasteiger partial charge is 0.265 e. The summed E-state index contributed by atoms with van der Waals surface area (Å²) in [6, 6.07) is 6.09. The van der Waals surface area contributed by atoms with Crippen LogP contribution in [0.15, 0.2) is 29.1 Å². The zero-order valence-electron chi connectivity index (χ0n) is 12.6. The molecular formula is C14H14N6O3. The third-order valence-electron chi connectivity index (χ3n) is 3.54. The van der Waals surface area contributed by atoms with Crippen molar-refractivity contribution in [3.63, 3.8) is 0 Å². The third kappa shape index (κ3) is 2.56. The number of fused-ring (bicyclic) bond motifs is 1. The molecule has 0 spiro atoms. The van der Waals surface area contributed by atoms with Crippen LogP contribution in [0.25, 0.3) is 11.0 Å². The van der Waals surface area contributed by atoms with E-state index in [9.17, 15) is 14.9 Å². The molecule has 0 aliphatic rings. The Morgan fingerprint density at radius 2 is 2.09 bits per heavy atom. The van der Waals surface area contributed by atoms with E-state index in [1.807, 2.05) is 6.92 Å². The normalized spacial score (nSPS) is 11.0. The van der Waals surface area contributed by atoms with Gasteiger partial charge in [-0.15, -0.1) is 5.10 Å². The van der Waals surface area contributed by atoms with Gasteiger partial charge in [-0.05, 0) is 19.4 Å².